The van der Waals surface area contributed by atoms with Gasteiger partial charge in [0.1, 0.15) is 17.6 Å². The second kappa shape index (κ2) is 14.1. The molecule has 27 heavy (non-hydrogen) atoms. The van der Waals surface area contributed by atoms with Gasteiger partial charge in [-0.2, -0.15) is 0 Å². The number of benzene rings is 1. The van der Waals surface area contributed by atoms with Crippen molar-refractivity contribution in [1.29, 1.82) is 0 Å². The predicted molar refractivity (Wildman–Crippen MR) is 106 cm³/mol. The van der Waals surface area contributed by atoms with Gasteiger partial charge in [-0.3, -0.25) is 4.99 Å². The van der Waals surface area contributed by atoms with Crippen molar-refractivity contribution in [2.24, 2.45) is 4.99 Å². The van der Waals surface area contributed by atoms with Gasteiger partial charge in [0.25, 0.3) is 0 Å². The quantitative estimate of drug-likeness (QED) is 0.269. The molecule has 8 heteroatoms. The third-order valence-corrected chi connectivity index (χ3v) is 3.75. The highest BCUT2D eigenvalue weighted by molar-refractivity contribution is 5.79. The van der Waals surface area contributed by atoms with Crippen molar-refractivity contribution in [2.75, 3.05) is 60.8 Å². The van der Waals surface area contributed by atoms with Gasteiger partial charge in [0.15, 0.2) is 5.96 Å². The van der Waals surface area contributed by atoms with Crippen molar-refractivity contribution >= 4 is 5.96 Å². The standard InChI is InChI=1S/C19H33N3O5/c1-5-20-19(21-9-6-10-27-12-11-24-2)22-14-17(23)16-13-15(25-3)7-8-18(16)26-4/h7-8,13,17,23H,5-6,9-12,14H2,1-4H3,(H2,20,21,22). The summed E-state index contributed by atoms with van der Waals surface area (Å²) < 4.78 is 20.9. The third kappa shape index (κ3) is 8.94. The van der Waals surface area contributed by atoms with E-state index in [1.165, 1.54) is 0 Å². The van der Waals surface area contributed by atoms with Crippen LogP contribution in [0.2, 0.25) is 0 Å². The number of guanidine groups is 1. The molecule has 1 unspecified atom stereocenters. The summed E-state index contributed by atoms with van der Waals surface area (Å²) >= 11 is 0. The van der Waals surface area contributed by atoms with Crippen LogP contribution in [0.5, 0.6) is 11.5 Å². The molecule has 0 saturated carbocycles. The summed E-state index contributed by atoms with van der Waals surface area (Å²) in [4.78, 5) is 4.46. The van der Waals surface area contributed by atoms with E-state index >= 15 is 0 Å². The number of hydrogen-bond donors (Lipinski definition) is 3. The number of aliphatic hydroxyl groups excluding tert-OH is 1. The first-order valence-corrected chi connectivity index (χ1v) is 9.15. The molecule has 0 radical (unpaired) electrons. The van der Waals surface area contributed by atoms with Crippen LogP contribution >= 0.6 is 0 Å². The van der Waals surface area contributed by atoms with Crippen LogP contribution in [0.1, 0.15) is 25.0 Å². The molecule has 0 aromatic heterocycles. The van der Waals surface area contributed by atoms with Crippen molar-refractivity contribution in [3.05, 3.63) is 23.8 Å². The molecule has 0 bridgehead atoms. The van der Waals surface area contributed by atoms with Crippen LogP contribution < -0.4 is 20.1 Å². The van der Waals surface area contributed by atoms with Crippen LogP contribution in [0.15, 0.2) is 23.2 Å². The first-order chi connectivity index (χ1) is 13.2. The fourth-order valence-electron chi connectivity index (χ4n) is 2.34. The SMILES string of the molecule is CCNC(=NCC(O)c1cc(OC)ccc1OC)NCCCOCCOC. The van der Waals surface area contributed by atoms with Crippen molar-refractivity contribution < 1.29 is 24.1 Å². The van der Waals surface area contributed by atoms with Crippen LogP contribution in [0.25, 0.3) is 0 Å². The monoisotopic (exact) mass is 383 g/mol. The zero-order valence-electron chi connectivity index (χ0n) is 16.8. The number of nitrogens with one attached hydrogen (secondary N) is 2. The molecule has 0 saturated heterocycles. The molecule has 3 N–H and O–H groups in total. The Labute approximate surface area is 161 Å². The molecule has 0 fully saturated rings. The minimum Gasteiger partial charge on any atom is -0.497 e. The molecule has 0 spiro atoms. The van der Waals surface area contributed by atoms with Crippen LogP contribution in [-0.2, 0) is 9.47 Å². The Balaban J connectivity index is 2.56. The van der Waals surface area contributed by atoms with Gasteiger partial charge in [-0.1, -0.05) is 0 Å². The summed E-state index contributed by atoms with van der Waals surface area (Å²) in [5.74, 6) is 1.91. The molecule has 0 aliphatic rings. The first kappa shape index (κ1) is 23.0. The van der Waals surface area contributed by atoms with Gasteiger partial charge in [-0.05, 0) is 31.5 Å². The summed E-state index contributed by atoms with van der Waals surface area (Å²) in [5.41, 5.74) is 0.642. The van der Waals surface area contributed by atoms with Crippen molar-refractivity contribution in [1.82, 2.24) is 10.6 Å². The normalized spacial score (nSPS) is 12.6. The largest absolute Gasteiger partial charge is 0.497 e. The summed E-state index contributed by atoms with van der Waals surface area (Å²) in [6, 6.07) is 5.32. The summed E-state index contributed by atoms with van der Waals surface area (Å²) in [5, 5.41) is 16.9. The van der Waals surface area contributed by atoms with Crippen LogP contribution in [0.3, 0.4) is 0 Å². The van der Waals surface area contributed by atoms with Gasteiger partial charge < -0.3 is 34.7 Å². The van der Waals surface area contributed by atoms with Gasteiger partial charge in [0, 0.05) is 32.4 Å². The lowest BCUT2D eigenvalue weighted by molar-refractivity contribution is 0.0698. The van der Waals surface area contributed by atoms with Crippen molar-refractivity contribution in [3.63, 3.8) is 0 Å². The molecule has 1 rings (SSSR count). The molecule has 0 aliphatic carbocycles. The van der Waals surface area contributed by atoms with Gasteiger partial charge in [-0.25, -0.2) is 0 Å². The molecular weight excluding hydrogens is 350 g/mol. The molecule has 1 aromatic rings. The maximum absolute atomic E-state index is 10.5. The van der Waals surface area contributed by atoms with E-state index in [0.29, 0.717) is 42.8 Å². The molecule has 154 valence electrons. The maximum atomic E-state index is 10.5. The molecule has 0 heterocycles. The Hall–Kier alpha value is -2.03. The van der Waals surface area contributed by atoms with Gasteiger partial charge in [-0.15, -0.1) is 0 Å². The minimum absolute atomic E-state index is 0.198. The van der Waals surface area contributed by atoms with Crippen molar-refractivity contribution in [2.45, 2.75) is 19.4 Å². The predicted octanol–water partition coefficient (Wildman–Crippen LogP) is 1.35. The van der Waals surface area contributed by atoms with E-state index in [1.807, 2.05) is 6.92 Å². The molecule has 1 atom stereocenters. The fraction of sp³-hybridized carbons (Fsp3) is 0.632. The molecule has 1 aromatic carbocycles. The van der Waals surface area contributed by atoms with Gasteiger partial charge >= 0.3 is 0 Å². The second-order valence-electron chi connectivity index (χ2n) is 5.73. The van der Waals surface area contributed by atoms with Crippen molar-refractivity contribution in [3.8, 4) is 11.5 Å². The molecule has 0 aliphatic heterocycles. The Morgan fingerprint density at radius 2 is 1.93 bits per heavy atom. The number of aliphatic hydroxyl groups is 1. The number of hydrogen-bond acceptors (Lipinski definition) is 6. The molecule has 0 amide bonds. The second-order valence-corrected chi connectivity index (χ2v) is 5.73. The van der Waals surface area contributed by atoms with Crippen LogP contribution in [-0.4, -0.2) is 71.9 Å². The van der Waals surface area contributed by atoms with E-state index in [1.54, 1.807) is 39.5 Å². The lowest BCUT2D eigenvalue weighted by Gasteiger charge is -2.16. The minimum atomic E-state index is -0.803. The average Bonchev–Trinajstić information content (AvgIpc) is 2.70. The number of rotatable bonds is 13. The summed E-state index contributed by atoms with van der Waals surface area (Å²) in [6.07, 6.45) is 0.0447. The lowest BCUT2D eigenvalue weighted by Crippen LogP contribution is -2.38. The summed E-state index contributed by atoms with van der Waals surface area (Å²) in [6.45, 7) is 5.49. The highest BCUT2D eigenvalue weighted by Gasteiger charge is 2.14. The third-order valence-electron chi connectivity index (χ3n) is 3.75. The number of methoxy groups -OCH3 is 3. The summed E-state index contributed by atoms with van der Waals surface area (Å²) in [7, 11) is 4.81. The zero-order chi connectivity index (χ0) is 19.9. The Bertz CT molecular complexity index is 554. The highest BCUT2D eigenvalue weighted by Crippen LogP contribution is 2.29. The lowest BCUT2D eigenvalue weighted by atomic mass is 10.1. The molecule has 8 nitrogen and oxygen atoms in total. The topological polar surface area (TPSA) is 93.6 Å². The van der Waals surface area contributed by atoms with Crippen LogP contribution in [0, 0.1) is 0 Å². The van der Waals surface area contributed by atoms with E-state index in [2.05, 4.69) is 15.6 Å². The average molecular weight is 383 g/mol. The Morgan fingerprint density at radius 3 is 2.59 bits per heavy atom. The maximum Gasteiger partial charge on any atom is 0.191 e. The molecular formula is C19H33N3O5. The van der Waals surface area contributed by atoms with E-state index in [9.17, 15) is 5.11 Å². The van der Waals surface area contributed by atoms with Crippen LogP contribution in [0.4, 0.5) is 0 Å². The number of nitrogens with zero attached hydrogens (tertiary/aromatic N) is 1. The number of aliphatic imine (C=N–C) groups is 1. The first-order valence-electron chi connectivity index (χ1n) is 9.15. The smallest absolute Gasteiger partial charge is 0.191 e. The van der Waals surface area contributed by atoms with E-state index in [0.717, 1.165) is 19.5 Å². The zero-order valence-corrected chi connectivity index (χ0v) is 16.8. The van der Waals surface area contributed by atoms with E-state index < -0.39 is 6.10 Å². The van der Waals surface area contributed by atoms with E-state index in [4.69, 9.17) is 18.9 Å². The van der Waals surface area contributed by atoms with Gasteiger partial charge in [0.2, 0.25) is 0 Å². The Kier molecular flexibility index (Phi) is 12.0. The van der Waals surface area contributed by atoms with Gasteiger partial charge in [0.05, 0.1) is 34.0 Å². The fourth-order valence-corrected chi connectivity index (χ4v) is 2.34. The number of ether oxygens (including phenoxy) is 4. The Morgan fingerprint density at radius 1 is 1.11 bits per heavy atom. The highest BCUT2D eigenvalue weighted by atomic mass is 16.5. The van der Waals surface area contributed by atoms with E-state index in [-0.39, 0.29) is 6.54 Å².